The third-order valence-corrected chi connectivity index (χ3v) is 4.81. The molecule has 2 rings (SSSR count). The van der Waals surface area contributed by atoms with Crippen molar-refractivity contribution in [1.29, 1.82) is 0 Å². The molecule has 0 aromatic heterocycles. The second kappa shape index (κ2) is 4.90. The Balaban J connectivity index is 1.98. The van der Waals surface area contributed by atoms with Gasteiger partial charge in [-0.2, -0.15) is 0 Å². The summed E-state index contributed by atoms with van der Waals surface area (Å²) < 4.78 is 0. The normalized spacial score (nSPS) is 23.7. The van der Waals surface area contributed by atoms with Gasteiger partial charge < -0.3 is 10.0 Å². The molecule has 0 heterocycles. The summed E-state index contributed by atoms with van der Waals surface area (Å²) >= 11 is 0. The van der Waals surface area contributed by atoms with Gasteiger partial charge in [-0.3, -0.25) is 9.59 Å². The molecule has 102 valence electrons. The first kappa shape index (κ1) is 13.4. The van der Waals surface area contributed by atoms with E-state index < -0.39 is 11.4 Å². The van der Waals surface area contributed by atoms with Crippen molar-refractivity contribution in [2.24, 2.45) is 11.3 Å². The maximum absolute atomic E-state index is 12.2. The highest BCUT2D eigenvalue weighted by Gasteiger charge is 2.44. The van der Waals surface area contributed by atoms with Gasteiger partial charge in [-0.15, -0.1) is 0 Å². The van der Waals surface area contributed by atoms with E-state index in [9.17, 15) is 14.7 Å². The Bertz CT molecular complexity index is 343. The highest BCUT2D eigenvalue weighted by Crippen LogP contribution is 2.42. The van der Waals surface area contributed by atoms with Crippen LogP contribution in [0.5, 0.6) is 0 Å². The fraction of sp³-hybridized carbons (Fsp3) is 0.857. The maximum Gasteiger partial charge on any atom is 0.310 e. The van der Waals surface area contributed by atoms with Gasteiger partial charge in [-0.05, 0) is 38.5 Å². The van der Waals surface area contributed by atoms with E-state index in [-0.39, 0.29) is 18.4 Å². The van der Waals surface area contributed by atoms with Gasteiger partial charge in [0.1, 0.15) is 0 Å². The smallest absolute Gasteiger partial charge is 0.310 e. The Labute approximate surface area is 108 Å². The molecule has 0 spiro atoms. The van der Waals surface area contributed by atoms with E-state index >= 15 is 0 Å². The van der Waals surface area contributed by atoms with Crippen LogP contribution in [0.3, 0.4) is 0 Å². The van der Waals surface area contributed by atoms with E-state index in [1.165, 1.54) is 12.8 Å². The van der Waals surface area contributed by atoms with Crippen molar-refractivity contribution in [3.63, 3.8) is 0 Å². The van der Waals surface area contributed by atoms with Crippen LogP contribution >= 0.6 is 0 Å². The summed E-state index contributed by atoms with van der Waals surface area (Å²) in [6, 6.07) is 0.254. The fourth-order valence-electron chi connectivity index (χ4n) is 3.05. The summed E-state index contributed by atoms with van der Waals surface area (Å²) in [6.07, 6.45) is 5.74. The van der Waals surface area contributed by atoms with Crippen LogP contribution in [-0.2, 0) is 9.59 Å². The molecule has 2 aliphatic rings. The molecule has 0 aromatic carbocycles. The van der Waals surface area contributed by atoms with Crippen molar-refractivity contribution in [3.05, 3.63) is 0 Å². The highest BCUT2D eigenvalue weighted by atomic mass is 16.4. The van der Waals surface area contributed by atoms with Gasteiger partial charge in [0.05, 0.1) is 5.41 Å². The molecule has 18 heavy (non-hydrogen) atoms. The number of aliphatic carboxylic acids is 1. The lowest BCUT2D eigenvalue weighted by molar-refractivity contribution is -0.153. The Morgan fingerprint density at radius 2 is 1.89 bits per heavy atom. The van der Waals surface area contributed by atoms with Crippen molar-refractivity contribution in [2.45, 2.75) is 57.9 Å². The van der Waals surface area contributed by atoms with Gasteiger partial charge in [0.15, 0.2) is 0 Å². The summed E-state index contributed by atoms with van der Waals surface area (Å²) in [7, 11) is 1.82. The van der Waals surface area contributed by atoms with Crippen LogP contribution in [0.15, 0.2) is 0 Å². The molecule has 0 aromatic rings. The van der Waals surface area contributed by atoms with Crippen molar-refractivity contribution < 1.29 is 14.7 Å². The molecule has 0 saturated heterocycles. The number of hydrogen-bond donors (Lipinski definition) is 1. The van der Waals surface area contributed by atoms with E-state index in [0.717, 1.165) is 12.8 Å². The van der Waals surface area contributed by atoms with Gasteiger partial charge in [-0.25, -0.2) is 0 Å². The summed E-state index contributed by atoms with van der Waals surface area (Å²) in [5.41, 5.74) is -0.783. The number of amides is 1. The van der Waals surface area contributed by atoms with Crippen LogP contribution in [0.2, 0.25) is 0 Å². The Morgan fingerprint density at radius 1 is 1.33 bits per heavy atom. The first-order valence-corrected chi connectivity index (χ1v) is 6.95. The largest absolute Gasteiger partial charge is 0.481 e. The van der Waals surface area contributed by atoms with Gasteiger partial charge in [-0.1, -0.05) is 12.8 Å². The summed E-state index contributed by atoms with van der Waals surface area (Å²) in [5, 5.41) is 9.38. The van der Waals surface area contributed by atoms with Crippen LogP contribution in [0, 0.1) is 11.3 Å². The molecular weight excluding hydrogens is 230 g/mol. The number of carboxylic acids is 1. The Kier molecular flexibility index (Phi) is 3.64. The van der Waals surface area contributed by atoms with Gasteiger partial charge in [0.25, 0.3) is 0 Å². The zero-order valence-electron chi connectivity index (χ0n) is 11.3. The lowest BCUT2D eigenvalue weighted by Crippen LogP contribution is -2.41. The number of rotatable bonds is 5. The number of carbonyl (C=O) groups is 2. The molecule has 1 unspecified atom stereocenters. The van der Waals surface area contributed by atoms with Crippen molar-refractivity contribution in [3.8, 4) is 0 Å². The Hall–Kier alpha value is -1.06. The van der Waals surface area contributed by atoms with Crippen molar-refractivity contribution in [2.75, 3.05) is 7.05 Å². The molecule has 2 fully saturated rings. The standard InChI is InChI=1S/C14H23NO3/c1-10(11-5-6-11)15(2)12(16)9-14(13(17)18)7-3-4-8-14/h10-11H,3-9H2,1-2H3,(H,17,18). The topological polar surface area (TPSA) is 57.6 Å². The molecular formula is C14H23NO3. The predicted octanol–water partition coefficient (Wildman–Crippen LogP) is 2.28. The molecule has 1 amide bonds. The molecule has 0 bridgehead atoms. The molecule has 0 aliphatic heterocycles. The lowest BCUT2D eigenvalue weighted by atomic mass is 9.82. The van der Waals surface area contributed by atoms with Gasteiger partial charge in [0.2, 0.25) is 5.91 Å². The SMILES string of the molecule is CC(C1CC1)N(C)C(=O)CC1(C(=O)O)CCCC1. The quantitative estimate of drug-likeness (QED) is 0.817. The first-order chi connectivity index (χ1) is 8.46. The predicted molar refractivity (Wildman–Crippen MR) is 68.1 cm³/mol. The minimum absolute atomic E-state index is 0.00120. The van der Waals surface area contributed by atoms with Gasteiger partial charge in [0, 0.05) is 19.5 Å². The lowest BCUT2D eigenvalue weighted by Gasteiger charge is -2.30. The highest BCUT2D eigenvalue weighted by molar-refractivity contribution is 5.85. The summed E-state index contributed by atoms with van der Waals surface area (Å²) in [6.45, 7) is 2.07. The molecule has 2 aliphatic carbocycles. The van der Waals surface area contributed by atoms with Crippen molar-refractivity contribution >= 4 is 11.9 Å². The molecule has 1 atom stereocenters. The minimum Gasteiger partial charge on any atom is -0.481 e. The number of carbonyl (C=O) groups excluding carboxylic acids is 1. The average molecular weight is 253 g/mol. The first-order valence-electron chi connectivity index (χ1n) is 6.95. The fourth-order valence-corrected chi connectivity index (χ4v) is 3.05. The third-order valence-electron chi connectivity index (χ3n) is 4.81. The number of nitrogens with zero attached hydrogens (tertiary/aromatic N) is 1. The van der Waals surface area contributed by atoms with Crippen molar-refractivity contribution in [1.82, 2.24) is 4.90 Å². The van der Waals surface area contributed by atoms with E-state index in [4.69, 9.17) is 0 Å². The summed E-state index contributed by atoms with van der Waals surface area (Å²) in [5.74, 6) is -0.164. The van der Waals surface area contributed by atoms with Crippen LogP contribution < -0.4 is 0 Å². The van der Waals surface area contributed by atoms with E-state index in [0.29, 0.717) is 18.8 Å². The zero-order chi connectivity index (χ0) is 13.3. The Morgan fingerprint density at radius 3 is 2.33 bits per heavy atom. The third kappa shape index (κ3) is 2.52. The van der Waals surface area contributed by atoms with Crippen LogP contribution in [0.1, 0.15) is 51.9 Å². The molecule has 2 saturated carbocycles. The van der Waals surface area contributed by atoms with E-state index in [1.54, 1.807) is 4.90 Å². The number of carboxylic acid groups (broad SMARTS) is 1. The van der Waals surface area contributed by atoms with Crippen LogP contribution in [0.4, 0.5) is 0 Å². The van der Waals surface area contributed by atoms with Crippen LogP contribution in [-0.4, -0.2) is 35.0 Å². The van der Waals surface area contributed by atoms with E-state index in [1.807, 2.05) is 7.05 Å². The summed E-state index contributed by atoms with van der Waals surface area (Å²) in [4.78, 5) is 25.4. The molecule has 4 nitrogen and oxygen atoms in total. The number of hydrogen-bond acceptors (Lipinski definition) is 2. The van der Waals surface area contributed by atoms with Crippen LogP contribution in [0.25, 0.3) is 0 Å². The molecule has 0 radical (unpaired) electrons. The second-order valence-corrected chi connectivity index (χ2v) is 6.05. The van der Waals surface area contributed by atoms with E-state index in [2.05, 4.69) is 6.92 Å². The zero-order valence-corrected chi connectivity index (χ0v) is 11.3. The average Bonchev–Trinajstić information content (AvgIpc) is 3.07. The second-order valence-electron chi connectivity index (χ2n) is 6.05. The molecule has 1 N–H and O–H groups in total. The maximum atomic E-state index is 12.2. The molecule has 4 heteroatoms. The monoisotopic (exact) mass is 253 g/mol. The minimum atomic E-state index is -0.791. The van der Waals surface area contributed by atoms with Gasteiger partial charge >= 0.3 is 5.97 Å².